The van der Waals surface area contributed by atoms with Gasteiger partial charge in [-0.1, -0.05) is 12.1 Å². The number of carboxylic acids is 1. The minimum atomic E-state index is -1.16. The van der Waals surface area contributed by atoms with Crippen molar-refractivity contribution in [3.05, 3.63) is 35.6 Å². The van der Waals surface area contributed by atoms with Crippen LogP contribution >= 0.6 is 0 Å². The Morgan fingerprint density at radius 1 is 1.47 bits per heavy atom. The highest BCUT2D eigenvalue weighted by atomic mass is 19.1. The van der Waals surface area contributed by atoms with Crippen LogP contribution in [0.3, 0.4) is 0 Å². The Bertz CT molecular complexity index is 397. The Morgan fingerprint density at radius 2 is 2.13 bits per heavy atom. The molecule has 0 aromatic heterocycles. The minimum absolute atomic E-state index is 0.159. The van der Waals surface area contributed by atoms with Crippen LogP contribution in [0.25, 0.3) is 0 Å². The van der Waals surface area contributed by atoms with Gasteiger partial charge in [0, 0.05) is 0 Å². The first-order valence-corrected chi connectivity index (χ1v) is 4.72. The number of aliphatic hydroxyl groups is 1. The number of carboxylic acid groups (broad SMARTS) is 1. The van der Waals surface area contributed by atoms with Crippen molar-refractivity contribution in [2.45, 2.75) is 18.4 Å². The normalized spacial score (nSPS) is 29.6. The van der Waals surface area contributed by atoms with Crippen LogP contribution < -0.4 is 0 Å². The van der Waals surface area contributed by atoms with Gasteiger partial charge in [-0.25, -0.2) is 4.39 Å². The number of carbonyl (C=O) groups is 1. The van der Waals surface area contributed by atoms with Crippen LogP contribution in [0.4, 0.5) is 4.39 Å². The van der Waals surface area contributed by atoms with Crippen molar-refractivity contribution in [3.8, 4) is 0 Å². The summed E-state index contributed by atoms with van der Waals surface area (Å²) in [6.45, 7) is 0. The van der Waals surface area contributed by atoms with E-state index in [2.05, 4.69) is 0 Å². The van der Waals surface area contributed by atoms with Crippen LogP contribution in [0.2, 0.25) is 0 Å². The quantitative estimate of drug-likeness (QED) is 0.777. The molecule has 0 aliphatic heterocycles. The lowest BCUT2D eigenvalue weighted by Gasteiger charge is -2.41. The lowest BCUT2D eigenvalue weighted by atomic mass is 9.67. The fraction of sp³-hybridized carbons (Fsp3) is 0.364. The lowest BCUT2D eigenvalue weighted by Crippen LogP contribution is -2.44. The molecule has 15 heavy (non-hydrogen) atoms. The Labute approximate surface area is 86.2 Å². The maximum absolute atomic E-state index is 12.9. The summed E-state index contributed by atoms with van der Waals surface area (Å²) < 4.78 is 12.9. The summed E-state index contributed by atoms with van der Waals surface area (Å²) in [5, 5.41) is 18.7. The topological polar surface area (TPSA) is 57.5 Å². The van der Waals surface area contributed by atoms with Crippen LogP contribution in [0.1, 0.15) is 18.4 Å². The summed E-state index contributed by atoms with van der Waals surface area (Å²) in [6, 6.07) is 5.66. The highest BCUT2D eigenvalue weighted by Crippen LogP contribution is 2.45. The van der Waals surface area contributed by atoms with E-state index in [4.69, 9.17) is 5.11 Å². The number of halogens is 1. The maximum Gasteiger partial charge on any atom is 0.306 e. The molecule has 0 saturated heterocycles. The third-order valence-corrected chi connectivity index (χ3v) is 2.88. The molecule has 0 spiro atoms. The first kappa shape index (κ1) is 10.1. The Kier molecular flexibility index (Phi) is 2.23. The summed E-state index contributed by atoms with van der Waals surface area (Å²) >= 11 is 0. The summed E-state index contributed by atoms with van der Waals surface area (Å²) in [4.78, 5) is 10.6. The van der Waals surface area contributed by atoms with Crippen LogP contribution in [0.15, 0.2) is 24.3 Å². The molecule has 0 bridgehead atoms. The van der Waals surface area contributed by atoms with Crippen LogP contribution in [-0.4, -0.2) is 16.2 Å². The second-order valence-electron chi connectivity index (χ2n) is 3.99. The Hall–Kier alpha value is -1.42. The number of hydrogen-bond donors (Lipinski definition) is 2. The van der Waals surface area contributed by atoms with Gasteiger partial charge in [0.05, 0.1) is 11.5 Å². The fourth-order valence-electron chi connectivity index (χ4n) is 1.94. The molecule has 4 heteroatoms. The van der Waals surface area contributed by atoms with Gasteiger partial charge in [0.2, 0.25) is 0 Å². The van der Waals surface area contributed by atoms with Gasteiger partial charge in [0.25, 0.3) is 0 Å². The third kappa shape index (κ3) is 1.72. The zero-order chi connectivity index (χ0) is 11.1. The summed E-state index contributed by atoms with van der Waals surface area (Å²) in [5.74, 6) is -1.84. The molecule has 1 saturated carbocycles. The Balaban J connectivity index is 2.16. The molecule has 1 aliphatic carbocycles. The first-order chi connectivity index (χ1) is 7.01. The summed E-state index contributed by atoms with van der Waals surface area (Å²) in [5.41, 5.74) is -0.703. The van der Waals surface area contributed by atoms with E-state index in [1.165, 1.54) is 18.2 Å². The van der Waals surface area contributed by atoms with Gasteiger partial charge in [-0.2, -0.15) is 0 Å². The van der Waals surface area contributed by atoms with E-state index in [-0.39, 0.29) is 12.8 Å². The molecular formula is C11H11FO3. The molecule has 0 radical (unpaired) electrons. The number of hydrogen-bond acceptors (Lipinski definition) is 2. The van der Waals surface area contributed by atoms with Crippen molar-refractivity contribution in [1.29, 1.82) is 0 Å². The summed E-state index contributed by atoms with van der Waals surface area (Å²) in [7, 11) is 0. The zero-order valence-electron chi connectivity index (χ0n) is 7.98. The van der Waals surface area contributed by atoms with Gasteiger partial charge in [-0.3, -0.25) is 4.79 Å². The highest BCUT2D eigenvalue weighted by molar-refractivity contribution is 5.71. The minimum Gasteiger partial charge on any atom is -0.481 e. The van der Waals surface area contributed by atoms with Crippen LogP contribution in [-0.2, 0) is 10.4 Å². The average molecular weight is 210 g/mol. The highest BCUT2D eigenvalue weighted by Gasteiger charge is 2.47. The van der Waals surface area contributed by atoms with Crippen LogP contribution in [0.5, 0.6) is 0 Å². The van der Waals surface area contributed by atoms with Crippen molar-refractivity contribution in [1.82, 2.24) is 0 Å². The SMILES string of the molecule is O=C(O)C1CC(O)(c2cccc(F)c2)C1. The van der Waals surface area contributed by atoms with E-state index >= 15 is 0 Å². The molecule has 0 heterocycles. The van der Waals surface area contributed by atoms with Gasteiger partial charge in [-0.15, -0.1) is 0 Å². The van der Waals surface area contributed by atoms with E-state index in [0.717, 1.165) is 0 Å². The van der Waals surface area contributed by atoms with Gasteiger partial charge in [-0.05, 0) is 30.5 Å². The Morgan fingerprint density at radius 3 is 2.67 bits per heavy atom. The smallest absolute Gasteiger partial charge is 0.306 e. The molecule has 1 aliphatic rings. The second-order valence-corrected chi connectivity index (χ2v) is 3.99. The standard InChI is InChI=1S/C11H11FO3/c12-9-3-1-2-8(4-9)11(15)5-7(6-11)10(13)14/h1-4,7,15H,5-6H2,(H,13,14). The van der Waals surface area contributed by atoms with Crippen molar-refractivity contribution in [2.75, 3.05) is 0 Å². The van der Waals surface area contributed by atoms with Crippen molar-refractivity contribution in [3.63, 3.8) is 0 Å². The first-order valence-electron chi connectivity index (χ1n) is 4.72. The molecule has 1 fully saturated rings. The maximum atomic E-state index is 12.9. The molecule has 0 atom stereocenters. The lowest BCUT2D eigenvalue weighted by molar-refractivity contribution is -0.159. The van der Waals surface area contributed by atoms with Crippen molar-refractivity contribution < 1.29 is 19.4 Å². The molecule has 3 nitrogen and oxygen atoms in total. The molecule has 0 unspecified atom stereocenters. The zero-order valence-corrected chi connectivity index (χ0v) is 7.98. The van der Waals surface area contributed by atoms with Gasteiger partial charge in [0.15, 0.2) is 0 Å². The molecule has 80 valence electrons. The number of benzene rings is 1. The molecule has 1 aromatic rings. The summed E-state index contributed by atoms with van der Waals surface area (Å²) in [6.07, 6.45) is 0.317. The van der Waals surface area contributed by atoms with E-state index in [0.29, 0.717) is 5.56 Å². The molecular weight excluding hydrogens is 199 g/mol. The molecule has 2 rings (SSSR count). The van der Waals surface area contributed by atoms with E-state index in [1.54, 1.807) is 6.07 Å². The monoisotopic (exact) mass is 210 g/mol. The third-order valence-electron chi connectivity index (χ3n) is 2.88. The fourth-order valence-corrected chi connectivity index (χ4v) is 1.94. The van der Waals surface area contributed by atoms with E-state index in [9.17, 15) is 14.3 Å². The molecule has 0 amide bonds. The second kappa shape index (κ2) is 3.31. The van der Waals surface area contributed by atoms with Gasteiger partial charge >= 0.3 is 5.97 Å². The predicted molar refractivity (Wildman–Crippen MR) is 50.7 cm³/mol. The van der Waals surface area contributed by atoms with Crippen LogP contribution in [0, 0.1) is 11.7 Å². The average Bonchev–Trinajstić information content (AvgIpc) is 2.12. The predicted octanol–water partition coefficient (Wildman–Crippen LogP) is 1.51. The van der Waals surface area contributed by atoms with E-state index in [1.807, 2.05) is 0 Å². The van der Waals surface area contributed by atoms with E-state index < -0.39 is 23.3 Å². The van der Waals surface area contributed by atoms with Gasteiger partial charge < -0.3 is 10.2 Å². The molecule has 2 N–H and O–H groups in total. The largest absolute Gasteiger partial charge is 0.481 e. The van der Waals surface area contributed by atoms with Crippen molar-refractivity contribution in [2.24, 2.45) is 5.92 Å². The number of rotatable bonds is 2. The molecule has 1 aromatic carbocycles. The number of aliphatic carboxylic acids is 1. The van der Waals surface area contributed by atoms with Crippen molar-refractivity contribution >= 4 is 5.97 Å². The van der Waals surface area contributed by atoms with Gasteiger partial charge in [0.1, 0.15) is 5.82 Å².